The van der Waals surface area contributed by atoms with Crippen LogP contribution in [0.5, 0.6) is 0 Å². The van der Waals surface area contributed by atoms with Crippen molar-refractivity contribution < 1.29 is 31.5 Å². The van der Waals surface area contributed by atoms with Gasteiger partial charge in [0.25, 0.3) is 10.0 Å². The molecule has 2 aromatic rings. The smallest absolute Gasteiger partial charge is 0.416 e. The van der Waals surface area contributed by atoms with Crippen LogP contribution in [-0.4, -0.2) is 41.6 Å². The van der Waals surface area contributed by atoms with E-state index in [1.807, 2.05) is 0 Å². The monoisotopic (exact) mass is 486 g/mol. The number of carbonyl (C=O) groups is 1. The molecule has 0 radical (unpaired) electrons. The predicted octanol–water partition coefficient (Wildman–Crippen LogP) is 4.56. The Balaban J connectivity index is 2.03. The first-order valence-electron chi connectivity index (χ1n) is 9.29. The Morgan fingerprint density at radius 3 is 2.25 bits per heavy atom. The van der Waals surface area contributed by atoms with Crippen LogP contribution in [0.3, 0.4) is 0 Å². The third kappa shape index (κ3) is 5.13. The van der Waals surface area contributed by atoms with Crippen molar-refractivity contribution in [2.45, 2.75) is 29.9 Å². The summed E-state index contributed by atoms with van der Waals surface area (Å²) in [6, 6.07) is 8.79. The maximum Gasteiger partial charge on any atom is 0.416 e. The maximum absolute atomic E-state index is 13.4. The van der Waals surface area contributed by atoms with E-state index in [1.165, 1.54) is 12.1 Å². The van der Waals surface area contributed by atoms with Crippen molar-refractivity contribution in [2.24, 2.45) is 4.99 Å². The number of sulfonamides is 1. The number of dihydropyridines is 1. The second kappa shape index (κ2) is 8.95. The van der Waals surface area contributed by atoms with Gasteiger partial charge in [0.15, 0.2) is 0 Å². The summed E-state index contributed by atoms with van der Waals surface area (Å²) in [5.41, 5.74) is -0.133. The number of nitrogens with zero attached hydrogens (tertiary/aromatic N) is 2. The van der Waals surface area contributed by atoms with E-state index in [9.17, 15) is 26.4 Å². The second-order valence-electron chi connectivity index (χ2n) is 7.07. The van der Waals surface area contributed by atoms with Crippen molar-refractivity contribution in [3.05, 3.63) is 76.9 Å². The second-order valence-corrected chi connectivity index (χ2v) is 9.49. The summed E-state index contributed by atoms with van der Waals surface area (Å²) < 4.78 is 66.5. The highest BCUT2D eigenvalue weighted by Gasteiger charge is 2.32. The van der Waals surface area contributed by atoms with Crippen LogP contribution in [0, 0.1) is 0 Å². The molecule has 0 spiro atoms. The van der Waals surface area contributed by atoms with Gasteiger partial charge in [0, 0.05) is 0 Å². The fourth-order valence-electron chi connectivity index (χ4n) is 3.11. The Labute approximate surface area is 187 Å². The van der Waals surface area contributed by atoms with Crippen LogP contribution in [0.4, 0.5) is 13.2 Å². The molecule has 32 heavy (non-hydrogen) atoms. The lowest BCUT2D eigenvalue weighted by Gasteiger charge is -2.29. The Bertz CT molecular complexity index is 1180. The Morgan fingerprint density at radius 1 is 1.16 bits per heavy atom. The molecule has 0 saturated heterocycles. The van der Waals surface area contributed by atoms with Gasteiger partial charge in [-0.1, -0.05) is 18.2 Å². The highest BCUT2D eigenvalue weighted by atomic mass is 35.5. The van der Waals surface area contributed by atoms with E-state index in [0.29, 0.717) is 11.1 Å². The number of aliphatic imine (C=N–C) groups is 1. The number of hydrogen-bond acceptors (Lipinski definition) is 4. The lowest BCUT2D eigenvalue weighted by Crippen LogP contribution is -2.39. The van der Waals surface area contributed by atoms with Gasteiger partial charge in [-0.15, -0.1) is 11.6 Å². The third-order valence-corrected chi connectivity index (χ3v) is 6.75. The first-order chi connectivity index (χ1) is 14.9. The number of carboxylic acids is 1. The molecule has 3 rings (SSSR count). The van der Waals surface area contributed by atoms with Crippen molar-refractivity contribution in [1.29, 1.82) is 0 Å². The number of benzene rings is 2. The van der Waals surface area contributed by atoms with Crippen LogP contribution in [0.15, 0.2) is 70.1 Å². The molecule has 1 unspecified atom stereocenters. The minimum atomic E-state index is -4.52. The molecule has 1 N–H and O–H groups in total. The fraction of sp³-hybridized carbons (Fsp3) is 0.238. The van der Waals surface area contributed by atoms with Crippen LogP contribution in [-0.2, 0) is 22.7 Å². The molecule has 0 fully saturated rings. The fourth-order valence-corrected chi connectivity index (χ4v) is 4.85. The molecule has 2 aromatic carbocycles. The summed E-state index contributed by atoms with van der Waals surface area (Å²) in [5.74, 6) is -1.09. The lowest BCUT2D eigenvalue weighted by atomic mass is 10.1. The molecule has 1 atom stereocenters. The lowest BCUT2D eigenvalue weighted by molar-refractivity contribution is -0.137. The van der Waals surface area contributed by atoms with Gasteiger partial charge in [-0.3, -0.25) is 4.99 Å². The van der Waals surface area contributed by atoms with E-state index in [0.717, 1.165) is 40.7 Å². The van der Waals surface area contributed by atoms with E-state index in [-0.39, 0.29) is 29.4 Å². The number of aromatic carboxylic acids is 1. The van der Waals surface area contributed by atoms with Gasteiger partial charge in [-0.05, 0) is 54.5 Å². The van der Waals surface area contributed by atoms with Gasteiger partial charge >= 0.3 is 12.1 Å². The largest absolute Gasteiger partial charge is 0.478 e. The number of carboxylic acid groups (broad SMARTS) is 1. The molecule has 1 aliphatic rings. The summed E-state index contributed by atoms with van der Waals surface area (Å²) in [5, 5.41) is 8.63. The number of alkyl halides is 4. The topological polar surface area (TPSA) is 87.0 Å². The molecule has 1 heterocycles. The Morgan fingerprint density at radius 2 is 1.75 bits per heavy atom. The average Bonchev–Trinajstić information content (AvgIpc) is 2.72. The molecule has 0 bridgehead atoms. The van der Waals surface area contributed by atoms with Gasteiger partial charge in [0.2, 0.25) is 0 Å². The van der Waals surface area contributed by atoms with Gasteiger partial charge in [-0.25, -0.2) is 17.5 Å². The molecular formula is C21H18ClF3N2O4S. The number of amidine groups is 1. The summed E-state index contributed by atoms with van der Waals surface area (Å²) in [6.45, 7) is 1.49. The average molecular weight is 487 g/mol. The zero-order chi connectivity index (χ0) is 23.7. The molecule has 6 nitrogen and oxygen atoms in total. The molecule has 0 aromatic heterocycles. The predicted molar refractivity (Wildman–Crippen MR) is 113 cm³/mol. The van der Waals surface area contributed by atoms with Crippen LogP contribution in [0.1, 0.15) is 28.4 Å². The van der Waals surface area contributed by atoms with E-state index in [4.69, 9.17) is 16.7 Å². The van der Waals surface area contributed by atoms with Crippen molar-refractivity contribution in [3.8, 4) is 0 Å². The maximum atomic E-state index is 13.4. The first-order valence-corrected chi connectivity index (χ1v) is 11.2. The molecule has 0 aliphatic carbocycles. The summed E-state index contributed by atoms with van der Waals surface area (Å²) in [6.07, 6.45) is -2.87. The number of rotatable bonds is 5. The summed E-state index contributed by atoms with van der Waals surface area (Å²) >= 11 is 6.07. The standard InChI is InChI=1S/C21H18ClF3N2O4S/c1-13-10-17(22)11-26-19(13)27(12-14-2-6-16(7-3-14)21(23,24)25)32(30,31)18-8-4-15(5-9-18)20(28)29/h2-10,17H,11-12H2,1H3,(H,28,29). The third-order valence-electron chi connectivity index (χ3n) is 4.73. The van der Waals surface area contributed by atoms with Gasteiger partial charge in [0.1, 0.15) is 5.84 Å². The zero-order valence-corrected chi connectivity index (χ0v) is 18.2. The van der Waals surface area contributed by atoms with Gasteiger partial charge in [0.05, 0.1) is 34.5 Å². The number of halogens is 4. The van der Waals surface area contributed by atoms with Crippen molar-refractivity contribution in [2.75, 3.05) is 6.54 Å². The SMILES string of the molecule is CC1=CC(Cl)CN=C1N(Cc1ccc(C(F)(F)F)cc1)S(=O)(=O)c1ccc(C(=O)O)cc1. The van der Waals surface area contributed by atoms with E-state index in [2.05, 4.69) is 4.99 Å². The Hall–Kier alpha value is -2.85. The molecule has 1 aliphatic heterocycles. The minimum Gasteiger partial charge on any atom is -0.478 e. The Kier molecular flexibility index (Phi) is 6.66. The van der Waals surface area contributed by atoms with Gasteiger partial charge < -0.3 is 5.11 Å². The van der Waals surface area contributed by atoms with E-state index in [1.54, 1.807) is 13.0 Å². The van der Waals surface area contributed by atoms with Gasteiger partial charge in [-0.2, -0.15) is 13.2 Å². The van der Waals surface area contributed by atoms with Crippen molar-refractivity contribution in [3.63, 3.8) is 0 Å². The van der Waals surface area contributed by atoms with Crippen molar-refractivity contribution >= 4 is 33.4 Å². The highest BCUT2D eigenvalue weighted by Crippen LogP contribution is 2.30. The molecular weight excluding hydrogens is 469 g/mol. The molecule has 0 saturated carbocycles. The first kappa shape index (κ1) is 23.8. The van der Waals surface area contributed by atoms with Crippen LogP contribution in [0.25, 0.3) is 0 Å². The normalized spacial score (nSPS) is 16.8. The van der Waals surface area contributed by atoms with Crippen LogP contribution < -0.4 is 0 Å². The van der Waals surface area contributed by atoms with E-state index < -0.39 is 33.1 Å². The van der Waals surface area contributed by atoms with Crippen LogP contribution in [0.2, 0.25) is 0 Å². The highest BCUT2D eigenvalue weighted by molar-refractivity contribution is 7.89. The molecule has 11 heteroatoms. The molecule has 170 valence electrons. The van der Waals surface area contributed by atoms with Crippen molar-refractivity contribution in [1.82, 2.24) is 4.31 Å². The van der Waals surface area contributed by atoms with Crippen LogP contribution >= 0.6 is 11.6 Å². The number of hydrogen-bond donors (Lipinski definition) is 1. The quantitative estimate of drug-likeness (QED) is 0.628. The minimum absolute atomic E-state index is 0.0886. The van der Waals surface area contributed by atoms with E-state index >= 15 is 0 Å². The summed E-state index contributed by atoms with van der Waals surface area (Å²) in [4.78, 5) is 15.2. The zero-order valence-electron chi connectivity index (χ0n) is 16.7. The summed E-state index contributed by atoms with van der Waals surface area (Å²) in [7, 11) is -4.23. The molecule has 0 amide bonds.